The minimum Gasteiger partial charge on any atom is -0.440 e. The lowest BCUT2D eigenvalue weighted by Gasteiger charge is -2.27. The molecule has 7 heteroatoms. The average Bonchev–Trinajstić information content (AvgIpc) is 2.73. The normalized spacial score (nSPS) is 15.3. The first kappa shape index (κ1) is 20.1. The number of rotatable bonds is 3. The van der Waals surface area contributed by atoms with Crippen molar-refractivity contribution in [2.24, 2.45) is 5.73 Å². The third-order valence-electron chi connectivity index (χ3n) is 5.15. The minimum atomic E-state index is -0.705. The smallest absolute Gasteiger partial charge is 0.259 e. The molecule has 150 valence electrons. The molecule has 0 bridgehead atoms. The SMILES string of the molecule is Cc1cc2c(c(=O)n1Cc1ccccc1)C(c1ccc(Cl)c(Cl)c1)C(C#N)=C(N)O2. The van der Waals surface area contributed by atoms with Crippen molar-refractivity contribution in [2.45, 2.75) is 19.4 Å². The highest BCUT2D eigenvalue weighted by molar-refractivity contribution is 6.42. The van der Waals surface area contributed by atoms with Gasteiger partial charge in [0.25, 0.3) is 5.56 Å². The molecule has 2 aromatic carbocycles. The van der Waals surface area contributed by atoms with Crippen LogP contribution in [0.5, 0.6) is 5.75 Å². The number of nitrogens with two attached hydrogens (primary N) is 1. The van der Waals surface area contributed by atoms with E-state index in [1.807, 2.05) is 37.3 Å². The van der Waals surface area contributed by atoms with E-state index in [4.69, 9.17) is 33.7 Å². The summed E-state index contributed by atoms with van der Waals surface area (Å²) in [5, 5.41) is 10.5. The van der Waals surface area contributed by atoms with E-state index in [0.717, 1.165) is 11.3 Å². The molecule has 0 amide bonds. The Labute approximate surface area is 183 Å². The summed E-state index contributed by atoms with van der Waals surface area (Å²) in [4.78, 5) is 13.6. The number of halogens is 2. The maximum atomic E-state index is 13.6. The molecule has 0 radical (unpaired) electrons. The van der Waals surface area contributed by atoms with Crippen molar-refractivity contribution in [2.75, 3.05) is 0 Å². The van der Waals surface area contributed by atoms with Gasteiger partial charge in [0.2, 0.25) is 5.88 Å². The Morgan fingerprint density at radius 3 is 2.53 bits per heavy atom. The van der Waals surface area contributed by atoms with E-state index in [1.165, 1.54) is 0 Å². The Balaban J connectivity index is 1.94. The molecule has 5 nitrogen and oxygen atoms in total. The number of nitriles is 1. The molecular formula is C23H17Cl2N3O2. The molecule has 0 saturated heterocycles. The van der Waals surface area contributed by atoms with Gasteiger partial charge in [0.15, 0.2) is 0 Å². The molecule has 1 aromatic heterocycles. The van der Waals surface area contributed by atoms with Gasteiger partial charge in [-0.15, -0.1) is 0 Å². The standard InChI is InChI=1S/C23H17Cl2N3O2/c1-13-9-19-21(23(29)28(13)12-14-5-3-2-4-6-14)20(16(11-26)22(27)30-19)15-7-8-17(24)18(25)10-15/h2-10,20H,12,27H2,1H3. The maximum absolute atomic E-state index is 13.6. The summed E-state index contributed by atoms with van der Waals surface area (Å²) >= 11 is 12.3. The minimum absolute atomic E-state index is 0.0271. The van der Waals surface area contributed by atoms with Crippen LogP contribution in [0.4, 0.5) is 0 Å². The molecule has 30 heavy (non-hydrogen) atoms. The van der Waals surface area contributed by atoms with Gasteiger partial charge in [-0.2, -0.15) is 5.26 Å². The zero-order chi connectivity index (χ0) is 21.4. The van der Waals surface area contributed by atoms with Crippen LogP contribution in [0.3, 0.4) is 0 Å². The van der Waals surface area contributed by atoms with E-state index < -0.39 is 5.92 Å². The topological polar surface area (TPSA) is 81.0 Å². The predicted molar refractivity (Wildman–Crippen MR) is 117 cm³/mol. The zero-order valence-electron chi connectivity index (χ0n) is 16.0. The van der Waals surface area contributed by atoms with Gasteiger partial charge in [-0.3, -0.25) is 4.79 Å². The van der Waals surface area contributed by atoms with Crippen molar-refractivity contribution in [3.05, 3.63) is 109 Å². The summed E-state index contributed by atoms with van der Waals surface area (Å²) in [6.45, 7) is 2.23. The largest absolute Gasteiger partial charge is 0.440 e. The van der Waals surface area contributed by atoms with Gasteiger partial charge >= 0.3 is 0 Å². The molecule has 2 N–H and O–H groups in total. The van der Waals surface area contributed by atoms with Crippen molar-refractivity contribution in [1.29, 1.82) is 5.26 Å². The second-order valence-corrected chi connectivity index (χ2v) is 7.85. The van der Waals surface area contributed by atoms with Gasteiger partial charge in [-0.25, -0.2) is 0 Å². The molecule has 1 atom stereocenters. The molecule has 1 aliphatic heterocycles. The van der Waals surface area contributed by atoms with Crippen LogP contribution in [0.15, 0.2) is 70.8 Å². The Morgan fingerprint density at radius 2 is 1.87 bits per heavy atom. The summed E-state index contributed by atoms with van der Waals surface area (Å²) < 4.78 is 7.34. The Kier molecular flexibility index (Phi) is 5.29. The monoisotopic (exact) mass is 437 g/mol. The van der Waals surface area contributed by atoms with Crippen LogP contribution in [-0.2, 0) is 6.54 Å². The third kappa shape index (κ3) is 3.45. The van der Waals surface area contributed by atoms with E-state index >= 15 is 0 Å². The fourth-order valence-corrected chi connectivity index (χ4v) is 3.98. The zero-order valence-corrected chi connectivity index (χ0v) is 17.5. The molecule has 0 spiro atoms. The second kappa shape index (κ2) is 7.91. The molecule has 1 aliphatic rings. The Bertz CT molecular complexity index is 1270. The number of aryl methyl sites for hydroxylation is 1. The number of pyridine rings is 1. The first-order valence-corrected chi connectivity index (χ1v) is 9.97. The number of ether oxygens (including phenoxy) is 1. The van der Waals surface area contributed by atoms with Crippen LogP contribution >= 0.6 is 23.2 Å². The van der Waals surface area contributed by atoms with E-state index in [-0.39, 0.29) is 17.0 Å². The number of aromatic nitrogens is 1. The number of nitrogens with zero attached hydrogens (tertiary/aromatic N) is 2. The summed E-state index contributed by atoms with van der Waals surface area (Å²) in [5.41, 5.74) is 8.64. The summed E-state index contributed by atoms with van der Waals surface area (Å²) in [6.07, 6.45) is 0. The van der Waals surface area contributed by atoms with Crippen molar-refractivity contribution in [3.63, 3.8) is 0 Å². The molecule has 0 aliphatic carbocycles. The lowest BCUT2D eigenvalue weighted by atomic mass is 9.84. The van der Waals surface area contributed by atoms with Crippen LogP contribution in [0, 0.1) is 18.3 Å². The van der Waals surface area contributed by atoms with E-state index in [9.17, 15) is 10.1 Å². The molecule has 2 heterocycles. The number of benzene rings is 2. The van der Waals surface area contributed by atoms with E-state index in [2.05, 4.69) is 6.07 Å². The van der Waals surface area contributed by atoms with Crippen molar-refractivity contribution >= 4 is 23.2 Å². The van der Waals surface area contributed by atoms with Crippen molar-refractivity contribution < 1.29 is 4.74 Å². The highest BCUT2D eigenvalue weighted by Crippen LogP contribution is 2.41. The maximum Gasteiger partial charge on any atom is 0.259 e. The van der Waals surface area contributed by atoms with E-state index in [0.29, 0.717) is 33.5 Å². The quantitative estimate of drug-likeness (QED) is 0.641. The van der Waals surface area contributed by atoms with Crippen molar-refractivity contribution in [1.82, 2.24) is 4.57 Å². The Hall–Kier alpha value is -3.20. The van der Waals surface area contributed by atoms with E-state index in [1.54, 1.807) is 28.8 Å². The highest BCUT2D eigenvalue weighted by atomic mass is 35.5. The van der Waals surface area contributed by atoms with Gasteiger partial charge < -0.3 is 15.0 Å². The van der Waals surface area contributed by atoms with Gasteiger partial charge in [0.1, 0.15) is 17.4 Å². The number of fused-ring (bicyclic) bond motifs is 1. The average molecular weight is 438 g/mol. The molecule has 0 fully saturated rings. The van der Waals surface area contributed by atoms with Crippen molar-refractivity contribution in [3.8, 4) is 11.8 Å². The molecule has 4 rings (SSSR count). The predicted octanol–water partition coefficient (Wildman–Crippen LogP) is 4.73. The van der Waals surface area contributed by atoms with Gasteiger partial charge in [-0.1, -0.05) is 59.6 Å². The highest BCUT2D eigenvalue weighted by Gasteiger charge is 2.34. The van der Waals surface area contributed by atoms with Gasteiger partial charge in [-0.05, 0) is 30.2 Å². The van der Waals surface area contributed by atoms with Crippen LogP contribution < -0.4 is 16.0 Å². The van der Waals surface area contributed by atoms with Crippen LogP contribution in [0.25, 0.3) is 0 Å². The van der Waals surface area contributed by atoms with Gasteiger partial charge in [0, 0.05) is 11.8 Å². The third-order valence-corrected chi connectivity index (χ3v) is 5.89. The lowest BCUT2D eigenvalue weighted by Crippen LogP contribution is -2.33. The number of hydrogen-bond donors (Lipinski definition) is 1. The van der Waals surface area contributed by atoms with Crippen LogP contribution in [-0.4, -0.2) is 4.57 Å². The Morgan fingerprint density at radius 1 is 1.13 bits per heavy atom. The summed E-state index contributed by atoms with van der Waals surface area (Å²) in [6, 6.07) is 18.6. The molecule has 3 aromatic rings. The first-order chi connectivity index (χ1) is 14.4. The lowest BCUT2D eigenvalue weighted by molar-refractivity contribution is 0.389. The first-order valence-electron chi connectivity index (χ1n) is 9.21. The second-order valence-electron chi connectivity index (χ2n) is 7.04. The summed E-state index contributed by atoms with van der Waals surface area (Å²) in [7, 11) is 0. The fourth-order valence-electron chi connectivity index (χ4n) is 3.67. The molecule has 1 unspecified atom stereocenters. The number of hydrogen-bond acceptors (Lipinski definition) is 4. The molecular weight excluding hydrogens is 421 g/mol. The fraction of sp³-hybridized carbons (Fsp3) is 0.130. The van der Waals surface area contributed by atoms with Crippen LogP contribution in [0.1, 0.15) is 28.3 Å². The summed E-state index contributed by atoms with van der Waals surface area (Å²) in [5.74, 6) is -0.390. The molecule has 0 saturated carbocycles. The van der Waals surface area contributed by atoms with Crippen LogP contribution in [0.2, 0.25) is 10.0 Å². The number of allylic oxidation sites excluding steroid dienone is 1. The van der Waals surface area contributed by atoms with Gasteiger partial charge in [0.05, 0.1) is 28.1 Å².